The van der Waals surface area contributed by atoms with Gasteiger partial charge in [0.05, 0.1) is 42.7 Å². The summed E-state index contributed by atoms with van der Waals surface area (Å²) in [5, 5.41) is 16.4. The van der Waals surface area contributed by atoms with E-state index in [0.717, 1.165) is 18.9 Å². The van der Waals surface area contributed by atoms with Crippen molar-refractivity contribution < 1.29 is 14.0 Å². The van der Waals surface area contributed by atoms with Crippen molar-refractivity contribution >= 4 is 51.8 Å². The van der Waals surface area contributed by atoms with Gasteiger partial charge in [-0.2, -0.15) is 5.10 Å². The number of piperazine rings is 1. The smallest absolute Gasteiger partial charge is 0.178 e. The van der Waals surface area contributed by atoms with Gasteiger partial charge in [-0.1, -0.05) is 23.2 Å². The minimum Gasteiger partial charge on any atom is -0.598 e. The predicted octanol–water partition coefficient (Wildman–Crippen LogP) is 2.64. The molecule has 2 aromatic heterocycles. The highest BCUT2D eigenvalue weighted by Crippen LogP contribution is 2.37. The topological polar surface area (TPSA) is 163 Å². The molecule has 1 saturated heterocycles. The molecular weight excluding hydrogens is 539 g/mol. The highest BCUT2D eigenvalue weighted by Gasteiger charge is 2.24. The fourth-order valence-electron chi connectivity index (χ4n) is 3.90. The van der Waals surface area contributed by atoms with Crippen molar-refractivity contribution in [2.75, 3.05) is 50.2 Å². The van der Waals surface area contributed by atoms with Crippen LogP contribution in [-0.4, -0.2) is 69.3 Å². The maximum absolute atomic E-state index is 11.7. The normalized spacial score (nSPS) is 15.8. The van der Waals surface area contributed by atoms with Crippen molar-refractivity contribution in [1.82, 2.24) is 19.5 Å². The van der Waals surface area contributed by atoms with Gasteiger partial charge in [0.1, 0.15) is 12.1 Å². The molecule has 4 rings (SSSR count). The van der Waals surface area contributed by atoms with Gasteiger partial charge < -0.3 is 24.7 Å². The molecule has 0 aliphatic carbocycles. The van der Waals surface area contributed by atoms with E-state index in [4.69, 9.17) is 49.6 Å². The summed E-state index contributed by atoms with van der Waals surface area (Å²) in [5.74, 6) is 1.35. The Kier molecular flexibility index (Phi) is 8.57. The fourth-order valence-corrected chi connectivity index (χ4v) is 5.12. The van der Waals surface area contributed by atoms with Gasteiger partial charge in [0.2, 0.25) is 0 Å². The Hall–Kier alpha value is -2.87. The van der Waals surface area contributed by atoms with E-state index in [0.29, 0.717) is 35.7 Å². The number of nitrogens with one attached hydrogen (secondary N) is 1. The number of rotatable bonds is 8. The molecule has 0 saturated carbocycles. The Morgan fingerprint density at radius 1 is 1.16 bits per heavy atom. The zero-order chi connectivity index (χ0) is 26.7. The largest absolute Gasteiger partial charge is 0.598 e. The van der Waals surface area contributed by atoms with Gasteiger partial charge in [-0.3, -0.25) is 11.1 Å². The lowest BCUT2D eigenvalue weighted by Gasteiger charge is -2.34. The Balaban J connectivity index is 1.55. The first kappa shape index (κ1) is 27.2. The highest BCUT2D eigenvalue weighted by atomic mass is 35.5. The molecule has 1 aromatic carbocycles. The number of benzene rings is 1. The molecule has 14 heteroatoms. The molecule has 2 atom stereocenters. The Morgan fingerprint density at radius 3 is 2.49 bits per heavy atom. The summed E-state index contributed by atoms with van der Waals surface area (Å²) in [7, 11) is 1.47. The molecule has 1 aliphatic rings. The minimum atomic E-state index is -1.08. The van der Waals surface area contributed by atoms with Crippen molar-refractivity contribution in [3.05, 3.63) is 63.5 Å². The highest BCUT2D eigenvalue weighted by molar-refractivity contribution is 7.88. The molecule has 0 bridgehead atoms. The van der Waals surface area contributed by atoms with Gasteiger partial charge in [-0.15, -0.1) is 9.40 Å². The van der Waals surface area contributed by atoms with E-state index < -0.39 is 17.6 Å². The van der Waals surface area contributed by atoms with Crippen molar-refractivity contribution in [2.24, 2.45) is 5.73 Å². The Morgan fingerprint density at radius 2 is 1.89 bits per heavy atom. The third-order valence-corrected chi connectivity index (χ3v) is 7.58. The standard InChI is InChI=1S/C23H26Cl2N8O3S/c1-35-17-10-16(26)14(9-18(17)36-23(28)20-15(24)12-30-31-22(20)25)21(27)13-3-4-19(29-11-13)32-5-7-33(8-6-32)37(2)34/h3-4,9-12,23,27H,5-8,26,28H2,1-2H3/t23-,37?/m0/s1. The third kappa shape index (κ3) is 6.00. The zero-order valence-electron chi connectivity index (χ0n) is 20.1. The number of ether oxygens (including phenoxy) is 2. The van der Waals surface area contributed by atoms with Crippen LogP contribution in [0.25, 0.3) is 0 Å². The van der Waals surface area contributed by atoms with Gasteiger partial charge >= 0.3 is 0 Å². The molecule has 0 radical (unpaired) electrons. The van der Waals surface area contributed by atoms with E-state index in [-0.39, 0.29) is 27.2 Å². The molecule has 5 N–H and O–H groups in total. The summed E-state index contributed by atoms with van der Waals surface area (Å²) < 4.78 is 24.9. The number of nitrogen functional groups attached to an aromatic ring is 1. The quantitative estimate of drug-likeness (QED) is 0.160. The van der Waals surface area contributed by atoms with Crippen LogP contribution >= 0.6 is 23.2 Å². The van der Waals surface area contributed by atoms with E-state index in [2.05, 4.69) is 20.1 Å². The van der Waals surface area contributed by atoms with E-state index in [9.17, 15) is 4.55 Å². The average Bonchev–Trinajstić information content (AvgIpc) is 2.89. The van der Waals surface area contributed by atoms with Crippen molar-refractivity contribution in [3.63, 3.8) is 0 Å². The number of nitrogens with two attached hydrogens (primary N) is 2. The van der Waals surface area contributed by atoms with Gasteiger partial charge in [0.15, 0.2) is 22.9 Å². The molecule has 1 aliphatic heterocycles. The van der Waals surface area contributed by atoms with E-state index in [1.165, 1.54) is 13.3 Å². The molecule has 1 fully saturated rings. The number of nitrogens with zero attached hydrogens (tertiary/aromatic N) is 5. The fraction of sp³-hybridized carbons (Fsp3) is 0.304. The molecule has 0 spiro atoms. The van der Waals surface area contributed by atoms with Crippen LogP contribution in [-0.2, 0) is 11.4 Å². The molecule has 11 nitrogen and oxygen atoms in total. The SMILES string of the molecule is COc1cc(N)c(C(=N)c2ccc(N3CCN([S+](C)[O-])CC3)nc2)cc1O[C@H](N)c1c(Cl)cnnc1Cl. The lowest BCUT2D eigenvalue weighted by atomic mass is 10.0. The van der Waals surface area contributed by atoms with Gasteiger partial charge in [0.25, 0.3) is 0 Å². The monoisotopic (exact) mass is 564 g/mol. The van der Waals surface area contributed by atoms with Crippen LogP contribution in [0.5, 0.6) is 11.5 Å². The van der Waals surface area contributed by atoms with Crippen molar-refractivity contribution in [3.8, 4) is 11.5 Å². The minimum absolute atomic E-state index is 0.0120. The number of hydrogen-bond acceptors (Lipinski definition) is 11. The second-order valence-corrected chi connectivity index (χ2v) is 10.3. The van der Waals surface area contributed by atoms with Crippen molar-refractivity contribution in [2.45, 2.75) is 6.23 Å². The van der Waals surface area contributed by atoms with E-state index in [1.807, 2.05) is 16.4 Å². The number of methoxy groups -OCH3 is 1. The summed E-state index contributed by atoms with van der Waals surface area (Å²) in [6, 6.07) is 6.80. The average molecular weight is 565 g/mol. The predicted molar refractivity (Wildman–Crippen MR) is 145 cm³/mol. The van der Waals surface area contributed by atoms with Crippen LogP contribution in [0.3, 0.4) is 0 Å². The second-order valence-electron chi connectivity index (χ2n) is 8.15. The summed E-state index contributed by atoms with van der Waals surface area (Å²) in [5.41, 5.74) is 14.2. The number of aromatic nitrogens is 3. The maximum atomic E-state index is 11.7. The van der Waals surface area contributed by atoms with Crippen LogP contribution in [0.2, 0.25) is 10.2 Å². The zero-order valence-corrected chi connectivity index (χ0v) is 22.5. The summed E-state index contributed by atoms with van der Waals surface area (Å²) >= 11 is 11.3. The number of pyridine rings is 1. The first-order chi connectivity index (χ1) is 17.7. The first-order valence-electron chi connectivity index (χ1n) is 11.1. The summed E-state index contributed by atoms with van der Waals surface area (Å²) in [6.45, 7) is 2.83. The van der Waals surface area contributed by atoms with Crippen molar-refractivity contribution in [1.29, 1.82) is 5.41 Å². The van der Waals surface area contributed by atoms with Gasteiger partial charge in [-0.05, 0) is 18.2 Å². The molecule has 196 valence electrons. The van der Waals surface area contributed by atoms with Crippen LogP contribution in [0, 0.1) is 5.41 Å². The lowest BCUT2D eigenvalue weighted by Crippen LogP contribution is -2.48. The van der Waals surface area contributed by atoms with Gasteiger partial charge in [-0.25, -0.2) is 4.98 Å². The maximum Gasteiger partial charge on any atom is 0.178 e. The lowest BCUT2D eigenvalue weighted by molar-refractivity contribution is 0.204. The number of halogens is 2. The third-order valence-electron chi connectivity index (χ3n) is 5.90. The Bertz CT molecular complexity index is 1250. The number of hydrogen-bond donors (Lipinski definition) is 3. The number of anilines is 2. The molecular formula is C23H26Cl2N8O3S. The van der Waals surface area contributed by atoms with E-state index >= 15 is 0 Å². The second kappa shape index (κ2) is 11.7. The van der Waals surface area contributed by atoms with E-state index in [1.54, 1.807) is 24.6 Å². The van der Waals surface area contributed by atoms with Crippen LogP contribution in [0.1, 0.15) is 22.9 Å². The summed E-state index contributed by atoms with van der Waals surface area (Å²) in [4.78, 5) is 6.66. The van der Waals surface area contributed by atoms with Crippen LogP contribution in [0.4, 0.5) is 11.5 Å². The molecule has 37 heavy (non-hydrogen) atoms. The summed E-state index contributed by atoms with van der Waals surface area (Å²) in [6.07, 6.45) is 3.54. The first-order valence-corrected chi connectivity index (χ1v) is 13.4. The van der Waals surface area contributed by atoms with Crippen LogP contribution in [0.15, 0.2) is 36.7 Å². The molecule has 3 aromatic rings. The Labute approximate surface area is 227 Å². The molecule has 0 amide bonds. The van der Waals surface area contributed by atoms with Gasteiger partial charge in [0, 0.05) is 53.5 Å². The molecule has 3 heterocycles. The van der Waals surface area contributed by atoms with Crippen LogP contribution < -0.4 is 25.8 Å². The molecule has 1 unspecified atom stereocenters.